The highest BCUT2D eigenvalue weighted by Crippen LogP contribution is 2.22. The molecule has 7 heteroatoms. The van der Waals surface area contributed by atoms with Crippen LogP contribution in [0.3, 0.4) is 0 Å². The Labute approximate surface area is 107 Å². The fourth-order valence-corrected chi connectivity index (χ4v) is 3.87. The Morgan fingerprint density at radius 3 is 2.41 bits per heavy atom. The molecule has 0 radical (unpaired) electrons. The van der Waals surface area contributed by atoms with Crippen LogP contribution in [0.4, 0.5) is 0 Å². The second-order valence-corrected chi connectivity index (χ2v) is 6.84. The van der Waals surface area contributed by atoms with Crippen molar-refractivity contribution >= 4 is 27.5 Å². The smallest absolute Gasteiger partial charge is 0.217 e. The number of alkyl halides is 1. The van der Waals surface area contributed by atoms with Gasteiger partial charge in [0.15, 0.2) is 0 Å². The van der Waals surface area contributed by atoms with Gasteiger partial charge in [-0.25, -0.2) is 12.7 Å². The molecule has 1 saturated heterocycles. The average molecular weight is 283 g/mol. The zero-order valence-corrected chi connectivity index (χ0v) is 11.3. The average Bonchev–Trinajstić information content (AvgIpc) is 2.26. The van der Waals surface area contributed by atoms with Crippen molar-refractivity contribution in [3.8, 4) is 0 Å². The van der Waals surface area contributed by atoms with Crippen LogP contribution in [0, 0.1) is 5.92 Å². The van der Waals surface area contributed by atoms with E-state index in [1.54, 1.807) is 0 Å². The van der Waals surface area contributed by atoms with Gasteiger partial charge in [-0.15, -0.1) is 11.6 Å². The Morgan fingerprint density at radius 2 is 1.94 bits per heavy atom. The number of nitrogens with two attached hydrogens (primary N) is 1. The van der Waals surface area contributed by atoms with Crippen LogP contribution in [-0.4, -0.2) is 43.4 Å². The lowest BCUT2D eigenvalue weighted by Gasteiger charge is -2.30. The van der Waals surface area contributed by atoms with Crippen LogP contribution in [0.15, 0.2) is 0 Å². The van der Waals surface area contributed by atoms with Crippen molar-refractivity contribution in [1.29, 1.82) is 0 Å². The molecule has 0 aromatic rings. The van der Waals surface area contributed by atoms with Gasteiger partial charge in [-0.2, -0.15) is 0 Å². The summed E-state index contributed by atoms with van der Waals surface area (Å²) in [6.45, 7) is 0.977. The Kier molecular flexibility index (Phi) is 5.69. The lowest BCUT2D eigenvalue weighted by molar-refractivity contribution is -0.119. The number of hydrogen-bond acceptors (Lipinski definition) is 3. The van der Waals surface area contributed by atoms with Gasteiger partial charge in [0.05, 0.1) is 5.75 Å². The quantitative estimate of drug-likeness (QED) is 0.722. The maximum Gasteiger partial charge on any atom is 0.217 e. The van der Waals surface area contributed by atoms with E-state index in [-0.39, 0.29) is 17.6 Å². The maximum atomic E-state index is 11.8. The van der Waals surface area contributed by atoms with Gasteiger partial charge in [0.25, 0.3) is 0 Å². The van der Waals surface area contributed by atoms with Gasteiger partial charge in [0, 0.05) is 25.4 Å². The zero-order chi connectivity index (χ0) is 12.9. The highest BCUT2D eigenvalue weighted by Gasteiger charge is 2.27. The third kappa shape index (κ3) is 4.81. The van der Waals surface area contributed by atoms with Gasteiger partial charge in [0.1, 0.15) is 0 Å². The van der Waals surface area contributed by atoms with Crippen molar-refractivity contribution in [3.05, 3.63) is 0 Å². The summed E-state index contributed by atoms with van der Waals surface area (Å²) in [4.78, 5) is 10.8. The Bertz CT molecular complexity index is 351. The van der Waals surface area contributed by atoms with E-state index in [9.17, 15) is 13.2 Å². The Morgan fingerprint density at radius 1 is 1.35 bits per heavy atom. The first-order valence-corrected chi connectivity index (χ1v) is 7.92. The largest absolute Gasteiger partial charge is 0.370 e. The highest BCUT2D eigenvalue weighted by atomic mass is 35.5. The molecule has 0 bridgehead atoms. The van der Waals surface area contributed by atoms with Crippen molar-refractivity contribution in [1.82, 2.24) is 4.31 Å². The first-order chi connectivity index (χ1) is 7.95. The predicted octanol–water partition coefficient (Wildman–Crippen LogP) is 0.532. The van der Waals surface area contributed by atoms with Gasteiger partial charge in [-0.3, -0.25) is 4.79 Å². The van der Waals surface area contributed by atoms with E-state index in [4.69, 9.17) is 17.3 Å². The van der Waals surface area contributed by atoms with Crippen molar-refractivity contribution in [3.63, 3.8) is 0 Å². The normalized spacial score (nSPS) is 19.4. The van der Waals surface area contributed by atoms with Crippen LogP contribution in [0.25, 0.3) is 0 Å². The summed E-state index contributed by atoms with van der Waals surface area (Å²) < 4.78 is 25.2. The number of primary amides is 1. The van der Waals surface area contributed by atoms with E-state index >= 15 is 0 Å². The number of carbonyl (C=O) groups excluding carboxylic acids is 1. The molecular formula is C10H19ClN2O3S. The molecular weight excluding hydrogens is 264 g/mol. The second-order valence-electron chi connectivity index (χ2n) is 4.37. The first kappa shape index (κ1) is 14.7. The summed E-state index contributed by atoms with van der Waals surface area (Å²) in [5.41, 5.74) is 5.12. The standard InChI is InChI=1S/C10H19ClN2O3S/c11-4-1-7-17(15,16)13-5-2-9(3-6-13)8-10(12)14/h9H,1-8H2,(H2,12,14). The SMILES string of the molecule is NC(=O)CC1CCN(S(=O)(=O)CCCCl)CC1. The van der Waals surface area contributed by atoms with Gasteiger partial charge in [-0.1, -0.05) is 0 Å². The number of sulfonamides is 1. The number of nitrogens with zero attached hydrogens (tertiary/aromatic N) is 1. The molecule has 0 aromatic carbocycles. The number of halogens is 1. The van der Waals surface area contributed by atoms with E-state index in [1.807, 2.05) is 0 Å². The molecule has 0 aliphatic carbocycles. The van der Waals surface area contributed by atoms with Crippen LogP contribution in [0.2, 0.25) is 0 Å². The topological polar surface area (TPSA) is 80.5 Å². The molecule has 5 nitrogen and oxygen atoms in total. The van der Waals surface area contributed by atoms with Crippen molar-refractivity contribution in [2.75, 3.05) is 24.7 Å². The van der Waals surface area contributed by atoms with Crippen LogP contribution in [-0.2, 0) is 14.8 Å². The molecule has 1 aliphatic rings. The van der Waals surface area contributed by atoms with Crippen molar-refractivity contribution < 1.29 is 13.2 Å². The predicted molar refractivity (Wildman–Crippen MR) is 67.2 cm³/mol. The van der Waals surface area contributed by atoms with Gasteiger partial charge >= 0.3 is 0 Å². The molecule has 2 N–H and O–H groups in total. The van der Waals surface area contributed by atoms with Crippen LogP contribution in [0.1, 0.15) is 25.7 Å². The number of carbonyl (C=O) groups is 1. The first-order valence-electron chi connectivity index (χ1n) is 5.78. The zero-order valence-electron chi connectivity index (χ0n) is 9.77. The van der Waals surface area contributed by atoms with E-state index in [1.165, 1.54) is 4.31 Å². The van der Waals surface area contributed by atoms with E-state index in [2.05, 4.69) is 0 Å². The fourth-order valence-electron chi connectivity index (χ4n) is 2.04. The number of amides is 1. The maximum absolute atomic E-state index is 11.8. The lowest BCUT2D eigenvalue weighted by Crippen LogP contribution is -2.40. The minimum atomic E-state index is -3.16. The molecule has 1 amide bonds. The summed E-state index contributed by atoms with van der Waals surface area (Å²) >= 11 is 5.49. The molecule has 1 fully saturated rings. The van der Waals surface area contributed by atoms with Gasteiger partial charge in [0.2, 0.25) is 15.9 Å². The number of hydrogen-bond donors (Lipinski definition) is 1. The summed E-state index contributed by atoms with van der Waals surface area (Å²) in [5, 5.41) is 0. The lowest BCUT2D eigenvalue weighted by atomic mass is 9.94. The minimum Gasteiger partial charge on any atom is -0.370 e. The summed E-state index contributed by atoms with van der Waals surface area (Å²) in [5.74, 6) is 0.384. The molecule has 0 unspecified atom stereocenters. The molecule has 1 heterocycles. The molecule has 1 rings (SSSR count). The monoisotopic (exact) mass is 282 g/mol. The summed E-state index contributed by atoms with van der Waals surface area (Å²) in [6, 6.07) is 0. The number of piperidine rings is 1. The molecule has 0 saturated carbocycles. The van der Waals surface area contributed by atoms with Crippen molar-refractivity contribution in [2.45, 2.75) is 25.7 Å². The van der Waals surface area contributed by atoms with E-state index in [0.717, 1.165) is 0 Å². The molecule has 0 aromatic heterocycles. The molecule has 100 valence electrons. The Hall–Kier alpha value is -0.330. The second kappa shape index (κ2) is 6.56. The van der Waals surface area contributed by atoms with Crippen LogP contribution >= 0.6 is 11.6 Å². The molecule has 17 heavy (non-hydrogen) atoms. The summed E-state index contributed by atoms with van der Waals surface area (Å²) in [7, 11) is -3.16. The third-order valence-electron chi connectivity index (χ3n) is 2.99. The van der Waals surface area contributed by atoms with E-state index in [0.29, 0.717) is 44.7 Å². The fraction of sp³-hybridized carbons (Fsp3) is 0.900. The number of rotatable bonds is 6. The summed E-state index contributed by atoms with van der Waals surface area (Å²) in [6.07, 6.45) is 2.26. The third-order valence-corrected chi connectivity index (χ3v) is 5.22. The van der Waals surface area contributed by atoms with Crippen LogP contribution < -0.4 is 5.73 Å². The minimum absolute atomic E-state index is 0.108. The highest BCUT2D eigenvalue weighted by molar-refractivity contribution is 7.89. The van der Waals surface area contributed by atoms with Crippen LogP contribution in [0.5, 0.6) is 0 Å². The van der Waals surface area contributed by atoms with Crippen molar-refractivity contribution in [2.24, 2.45) is 11.7 Å². The molecule has 0 spiro atoms. The molecule has 1 aliphatic heterocycles. The Balaban J connectivity index is 2.43. The molecule has 0 atom stereocenters. The van der Waals surface area contributed by atoms with Gasteiger partial charge in [-0.05, 0) is 25.2 Å². The van der Waals surface area contributed by atoms with Gasteiger partial charge < -0.3 is 5.73 Å². The van der Waals surface area contributed by atoms with E-state index < -0.39 is 10.0 Å².